The number of hydrogen-bond acceptors (Lipinski definition) is 4. The van der Waals surface area contributed by atoms with E-state index in [-0.39, 0.29) is 18.5 Å². The highest BCUT2D eigenvalue weighted by molar-refractivity contribution is 5.82. The van der Waals surface area contributed by atoms with Gasteiger partial charge in [-0.05, 0) is 12.8 Å². The Bertz CT molecular complexity index is 377. The molecule has 7 nitrogen and oxygen atoms in total. The van der Waals surface area contributed by atoms with Gasteiger partial charge in [0.05, 0.1) is 6.61 Å². The molecule has 1 heterocycles. The first-order valence-corrected chi connectivity index (χ1v) is 8.20. The lowest BCUT2D eigenvalue weighted by Gasteiger charge is -2.36. The summed E-state index contributed by atoms with van der Waals surface area (Å²) in [7, 11) is 1.53. The Morgan fingerprint density at radius 2 is 1.73 bits per heavy atom. The van der Waals surface area contributed by atoms with Gasteiger partial charge >= 0.3 is 6.03 Å². The number of methoxy groups -OCH3 is 1. The van der Waals surface area contributed by atoms with Crippen molar-refractivity contribution in [3.05, 3.63) is 0 Å². The van der Waals surface area contributed by atoms with Crippen molar-refractivity contribution in [1.82, 2.24) is 15.1 Å². The van der Waals surface area contributed by atoms with Crippen LogP contribution in [0.15, 0.2) is 0 Å². The van der Waals surface area contributed by atoms with Crippen LogP contribution in [-0.4, -0.2) is 73.7 Å². The third-order valence-electron chi connectivity index (χ3n) is 4.47. The Morgan fingerprint density at radius 3 is 2.32 bits per heavy atom. The Hall–Kier alpha value is -1.34. The van der Waals surface area contributed by atoms with Crippen molar-refractivity contribution in [2.75, 3.05) is 39.9 Å². The second kappa shape index (κ2) is 8.33. The van der Waals surface area contributed by atoms with Gasteiger partial charge in [0.1, 0.15) is 6.04 Å². The minimum Gasteiger partial charge on any atom is -0.383 e. The third kappa shape index (κ3) is 4.58. The van der Waals surface area contributed by atoms with Crippen molar-refractivity contribution < 1.29 is 14.3 Å². The van der Waals surface area contributed by atoms with Gasteiger partial charge in [-0.2, -0.15) is 0 Å². The maximum atomic E-state index is 12.2. The van der Waals surface area contributed by atoms with Crippen molar-refractivity contribution in [2.45, 2.75) is 44.2 Å². The molecule has 3 amide bonds. The summed E-state index contributed by atoms with van der Waals surface area (Å²) in [4.78, 5) is 27.8. The minimum atomic E-state index is -0.618. The molecule has 0 spiro atoms. The molecule has 2 fully saturated rings. The fraction of sp³-hybridized carbons (Fsp3) is 0.867. The van der Waals surface area contributed by atoms with Gasteiger partial charge in [0.25, 0.3) is 0 Å². The van der Waals surface area contributed by atoms with Crippen LogP contribution in [0.5, 0.6) is 0 Å². The summed E-state index contributed by atoms with van der Waals surface area (Å²) in [5.41, 5.74) is 5.77. The van der Waals surface area contributed by atoms with E-state index >= 15 is 0 Å². The first-order valence-electron chi connectivity index (χ1n) is 8.20. The topological polar surface area (TPSA) is 87.9 Å². The third-order valence-corrected chi connectivity index (χ3v) is 4.47. The number of piperazine rings is 1. The molecule has 1 unspecified atom stereocenters. The lowest BCUT2D eigenvalue weighted by molar-refractivity contribution is -0.135. The quantitative estimate of drug-likeness (QED) is 0.773. The van der Waals surface area contributed by atoms with Gasteiger partial charge in [0.15, 0.2) is 0 Å². The van der Waals surface area contributed by atoms with Crippen LogP contribution in [0.1, 0.15) is 32.1 Å². The summed E-state index contributed by atoms with van der Waals surface area (Å²) < 4.78 is 4.91. The predicted octanol–water partition coefficient (Wildman–Crippen LogP) is 0.147. The number of carbonyl (C=O) groups excluding carboxylic acids is 2. The zero-order valence-electron chi connectivity index (χ0n) is 13.4. The van der Waals surface area contributed by atoms with E-state index in [1.165, 1.54) is 26.4 Å². The number of nitrogens with two attached hydrogens (primary N) is 1. The van der Waals surface area contributed by atoms with Crippen LogP contribution in [0.25, 0.3) is 0 Å². The van der Waals surface area contributed by atoms with E-state index in [1.54, 1.807) is 9.80 Å². The zero-order chi connectivity index (χ0) is 15.9. The molecule has 1 atom stereocenters. The summed E-state index contributed by atoms with van der Waals surface area (Å²) in [6.07, 6.45) is 5.83. The number of nitrogens with zero attached hydrogens (tertiary/aromatic N) is 2. The Morgan fingerprint density at radius 1 is 1.14 bits per heavy atom. The molecule has 126 valence electrons. The number of urea groups is 1. The van der Waals surface area contributed by atoms with Gasteiger partial charge in [-0.25, -0.2) is 4.79 Å². The van der Waals surface area contributed by atoms with Crippen LogP contribution in [0, 0.1) is 0 Å². The van der Waals surface area contributed by atoms with Crippen LogP contribution < -0.4 is 11.1 Å². The standard InChI is InChI=1S/C15H28N4O3/c1-22-11-13(16)14(20)18-7-9-19(10-8-18)15(21)17-12-5-3-2-4-6-12/h12-13H,2-11,16H2,1H3,(H,17,21). The van der Waals surface area contributed by atoms with E-state index in [0.29, 0.717) is 32.2 Å². The molecule has 0 aromatic heterocycles. The van der Waals surface area contributed by atoms with E-state index < -0.39 is 6.04 Å². The fourth-order valence-corrected chi connectivity index (χ4v) is 3.13. The summed E-state index contributed by atoms with van der Waals surface area (Å²) in [5.74, 6) is -0.103. The molecule has 1 saturated carbocycles. The van der Waals surface area contributed by atoms with E-state index in [4.69, 9.17) is 10.5 Å². The van der Waals surface area contributed by atoms with Crippen LogP contribution in [-0.2, 0) is 9.53 Å². The average molecular weight is 312 g/mol. The molecule has 7 heteroatoms. The van der Waals surface area contributed by atoms with Gasteiger partial charge in [0, 0.05) is 39.3 Å². The minimum absolute atomic E-state index is 0.000175. The van der Waals surface area contributed by atoms with E-state index in [0.717, 1.165) is 12.8 Å². The molecule has 1 aliphatic heterocycles. The van der Waals surface area contributed by atoms with Gasteiger partial charge in [-0.3, -0.25) is 4.79 Å². The maximum Gasteiger partial charge on any atom is 0.317 e. The number of ether oxygens (including phenoxy) is 1. The highest BCUT2D eigenvalue weighted by Crippen LogP contribution is 2.17. The molecular weight excluding hydrogens is 284 g/mol. The molecule has 0 aromatic rings. The molecular formula is C15H28N4O3. The first-order chi connectivity index (χ1) is 10.6. The summed E-state index contributed by atoms with van der Waals surface area (Å²) in [5, 5.41) is 3.11. The monoisotopic (exact) mass is 312 g/mol. The second-order valence-electron chi connectivity index (χ2n) is 6.16. The number of carbonyl (C=O) groups is 2. The van der Waals surface area contributed by atoms with Crippen molar-refractivity contribution >= 4 is 11.9 Å². The molecule has 3 N–H and O–H groups in total. The van der Waals surface area contributed by atoms with Gasteiger partial charge in [-0.1, -0.05) is 19.3 Å². The maximum absolute atomic E-state index is 12.2. The number of rotatable bonds is 4. The van der Waals surface area contributed by atoms with Crippen molar-refractivity contribution in [3.8, 4) is 0 Å². The van der Waals surface area contributed by atoms with E-state index in [9.17, 15) is 9.59 Å². The van der Waals surface area contributed by atoms with Crippen LogP contribution in [0.4, 0.5) is 4.79 Å². The number of hydrogen-bond donors (Lipinski definition) is 2. The second-order valence-corrected chi connectivity index (χ2v) is 6.16. The molecule has 2 rings (SSSR count). The van der Waals surface area contributed by atoms with Crippen molar-refractivity contribution in [3.63, 3.8) is 0 Å². The highest BCUT2D eigenvalue weighted by atomic mass is 16.5. The van der Waals surface area contributed by atoms with Gasteiger partial charge in [0.2, 0.25) is 5.91 Å². The lowest BCUT2D eigenvalue weighted by Crippen LogP contribution is -2.57. The highest BCUT2D eigenvalue weighted by Gasteiger charge is 2.28. The normalized spacial score (nSPS) is 21.5. The molecule has 2 aliphatic rings. The molecule has 1 saturated heterocycles. The molecule has 0 radical (unpaired) electrons. The zero-order valence-corrected chi connectivity index (χ0v) is 13.4. The molecule has 0 bridgehead atoms. The summed E-state index contributed by atoms with van der Waals surface area (Å²) in [6, 6.07) is -0.302. The summed E-state index contributed by atoms with van der Waals surface area (Å²) in [6.45, 7) is 2.41. The SMILES string of the molecule is COCC(N)C(=O)N1CCN(C(=O)NC2CCCCC2)CC1. The first kappa shape index (κ1) is 17.0. The fourth-order valence-electron chi connectivity index (χ4n) is 3.13. The Labute approximate surface area is 132 Å². The van der Waals surface area contributed by atoms with E-state index in [2.05, 4.69) is 5.32 Å². The molecule has 22 heavy (non-hydrogen) atoms. The van der Waals surface area contributed by atoms with E-state index in [1.807, 2.05) is 0 Å². The Balaban J connectivity index is 1.74. The predicted molar refractivity (Wildman–Crippen MR) is 83.4 cm³/mol. The smallest absolute Gasteiger partial charge is 0.317 e. The van der Waals surface area contributed by atoms with Crippen molar-refractivity contribution in [1.29, 1.82) is 0 Å². The van der Waals surface area contributed by atoms with Gasteiger partial charge < -0.3 is 25.6 Å². The number of amides is 3. The van der Waals surface area contributed by atoms with Crippen LogP contribution in [0.3, 0.4) is 0 Å². The average Bonchev–Trinajstić information content (AvgIpc) is 2.55. The van der Waals surface area contributed by atoms with Crippen LogP contribution in [0.2, 0.25) is 0 Å². The van der Waals surface area contributed by atoms with Gasteiger partial charge in [-0.15, -0.1) is 0 Å². The number of nitrogens with one attached hydrogen (secondary N) is 1. The summed E-state index contributed by atoms with van der Waals surface area (Å²) >= 11 is 0. The van der Waals surface area contributed by atoms with Crippen molar-refractivity contribution in [2.24, 2.45) is 5.73 Å². The molecule has 1 aliphatic carbocycles. The van der Waals surface area contributed by atoms with Crippen LogP contribution >= 0.6 is 0 Å². The Kier molecular flexibility index (Phi) is 6.45. The molecule has 0 aromatic carbocycles. The lowest BCUT2D eigenvalue weighted by atomic mass is 9.96. The largest absolute Gasteiger partial charge is 0.383 e.